The molecule has 1 amide bonds. The van der Waals surface area contributed by atoms with Gasteiger partial charge in [0.2, 0.25) is 0 Å². The summed E-state index contributed by atoms with van der Waals surface area (Å²) in [5.41, 5.74) is 0.697. The van der Waals surface area contributed by atoms with Crippen LogP contribution in [0.5, 0.6) is 0 Å². The normalized spacial score (nSPS) is 21.8. The van der Waals surface area contributed by atoms with E-state index in [-0.39, 0.29) is 25.3 Å². The van der Waals surface area contributed by atoms with Gasteiger partial charge in [-0.25, -0.2) is 18.0 Å². The number of rotatable bonds is 3. The lowest BCUT2D eigenvalue weighted by atomic mass is 10.0. The number of hydrogen-bond donors (Lipinski definition) is 2. The van der Waals surface area contributed by atoms with Gasteiger partial charge in [-0.15, -0.1) is 0 Å². The smallest absolute Gasteiger partial charge is 0.407 e. The van der Waals surface area contributed by atoms with E-state index in [1.165, 1.54) is 24.3 Å². The Bertz CT molecular complexity index is 479. The third-order valence-electron chi connectivity index (χ3n) is 3.34. The number of nitrogens with zero attached hydrogens (tertiary/aromatic N) is 1. The third kappa shape index (κ3) is 3.41. The molecule has 1 aliphatic rings. The summed E-state index contributed by atoms with van der Waals surface area (Å²) in [6.07, 6.45) is -1.29. The number of likely N-dealkylation sites (tertiary alicyclic amines) is 1. The van der Waals surface area contributed by atoms with Crippen molar-refractivity contribution in [1.29, 1.82) is 0 Å². The van der Waals surface area contributed by atoms with Gasteiger partial charge in [0.25, 0.3) is 5.92 Å². The quantitative estimate of drug-likeness (QED) is 0.897. The van der Waals surface area contributed by atoms with E-state index in [4.69, 9.17) is 5.11 Å². The van der Waals surface area contributed by atoms with Crippen LogP contribution in [0.4, 0.5) is 18.0 Å². The van der Waals surface area contributed by atoms with E-state index >= 15 is 0 Å². The highest BCUT2D eigenvalue weighted by atomic mass is 19.3. The second kappa shape index (κ2) is 5.70. The van der Waals surface area contributed by atoms with E-state index in [1.807, 2.05) is 0 Å². The van der Waals surface area contributed by atoms with Crippen molar-refractivity contribution in [3.05, 3.63) is 35.6 Å². The Kier molecular flexibility index (Phi) is 4.17. The first kappa shape index (κ1) is 14.6. The molecular formula is C13H15F3N2O2. The number of amides is 1. The van der Waals surface area contributed by atoms with Crippen molar-refractivity contribution in [2.75, 3.05) is 13.1 Å². The van der Waals surface area contributed by atoms with Crippen molar-refractivity contribution in [1.82, 2.24) is 10.2 Å². The van der Waals surface area contributed by atoms with Gasteiger partial charge in [0.1, 0.15) is 5.82 Å². The second-order valence-electron chi connectivity index (χ2n) is 4.81. The van der Waals surface area contributed by atoms with Crippen LogP contribution in [0.15, 0.2) is 24.3 Å². The number of carboxylic acid groups (broad SMARTS) is 1. The van der Waals surface area contributed by atoms with Crippen LogP contribution in [-0.2, 0) is 6.54 Å². The molecule has 4 nitrogen and oxygen atoms in total. The Labute approximate surface area is 114 Å². The fourth-order valence-electron chi connectivity index (χ4n) is 2.20. The minimum atomic E-state index is -3.11. The highest BCUT2D eigenvalue weighted by Crippen LogP contribution is 2.27. The van der Waals surface area contributed by atoms with Crippen LogP contribution < -0.4 is 5.32 Å². The molecule has 1 atom stereocenters. The van der Waals surface area contributed by atoms with Crippen LogP contribution in [0.1, 0.15) is 12.0 Å². The molecule has 2 rings (SSSR count). The molecular weight excluding hydrogens is 273 g/mol. The summed E-state index contributed by atoms with van der Waals surface area (Å²) in [4.78, 5) is 11.4. The van der Waals surface area contributed by atoms with Gasteiger partial charge in [-0.05, 0) is 24.1 Å². The average molecular weight is 288 g/mol. The molecule has 1 saturated heterocycles. The summed E-state index contributed by atoms with van der Waals surface area (Å²) in [6, 6.07) is 4.49. The number of hydrogen-bond acceptors (Lipinski definition) is 2. The van der Waals surface area contributed by atoms with Gasteiger partial charge in [-0.2, -0.15) is 0 Å². The lowest BCUT2D eigenvalue weighted by molar-refractivity contribution is -0.0840. The number of nitrogens with one attached hydrogen (secondary N) is 1. The Balaban J connectivity index is 1.93. The van der Waals surface area contributed by atoms with Gasteiger partial charge < -0.3 is 15.3 Å². The minimum absolute atomic E-state index is 0.0422. The lowest BCUT2D eigenvalue weighted by Gasteiger charge is -2.37. The molecule has 0 saturated carbocycles. The zero-order valence-corrected chi connectivity index (χ0v) is 10.7. The molecule has 1 aromatic carbocycles. The summed E-state index contributed by atoms with van der Waals surface area (Å²) in [6.45, 7) is -0.539. The molecule has 0 spiro atoms. The second-order valence-corrected chi connectivity index (χ2v) is 4.81. The van der Waals surface area contributed by atoms with Crippen molar-refractivity contribution >= 4 is 6.09 Å². The van der Waals surface area contributed by atoms with Crippen molar-refractivity contribution in [3.63, 3.8) is 0 Å². The fourth-order valence-corrected chi connectivity index (χ4v) is 2.20. The van der Waals surface area contributed by atoms with Crippen LogP contribution in [0.2, 0.25) is 0 Å². The van der Waals surface area contributed by atoms with Gasteiger partial charge >= 0.3 is 6.09 Å². The first-order chi connectivity index (χ1) is 9.38. The zero-order chi connectivity index (χ0) is 14.8. The molecule has 0 unspecified atom stereocenters. The fraction of sp³-hybridized carbons (Fsp3) is 0.462. The largest absolute Gasteiger partial charge is 0.465 e. The Morgan fingerprint density at radius 1 is 1.40 bits per heavy atom. The first-order valence-corrected chi connectivity index (χ1v) is 6.22. The van der Waals surface area contributed by atoms with Crippen molar-refractivity contribution < 1.29 is 23.1 Å². The minimum Gasteiger partial charge on any atom is -0.465 e. The molecule has 2 N–H and O–H groups in total. The van der Waals surface area contributed by atoms with E-state index in [1.54, 1.807) is 0 Å². The van der Waals surface area contributed by atoms with Crippen molar-refractivity contribution in [3.8, 4) is 0 Å². The number of carbonyl (C=O) groups is 1. The van der Waals surface area contributed by atoms with Crippen LogP contribution in [0.25, 0.3) is 0 Å². The topological polar surface area (TPSA) is 52.6 Å². The van der Waals surface area contributed by atoms with E-state index in [0.29, 0.717) is 5.56 Å². The third-order valence-corrected chi connectivity index (χ3v) is 3.34. The van der Waals surface area contributed by atoms with E-state index in [0.717, 1.165) is 4.90 Å². The summed E-state index contributed by atoms with van der Waals surface area (Å²) < 4.78 is 40.4. The zero-order valence-electron chi connectivity index (χ0n) is 10.7. The molecule has 1 aromatic rings. The van der Waals surface area contributed by atoms with Crippen LogP contribution in [-0.4, -0.2) is 41.2 Å². The molecule has 0 radical (unpaired) electrons. The summed E-state index contributed by atoms with van der Waals surface area (Å²) in [5.74, 6) is -3.50. The predicted octanol–water partition coefficient (Wildman–Crippen LogP) is 2.30. The van der Waals surface area contributed by atoms with Gasteiger partial charge in [-0.3, -0.25) is 0 Å². The summed E-state index contributed by atoms with van der Waals surface area (Å²) in [5, 5.41) is 11.4. The van der Waals surface area contributed by atoms with Gasteiger partial charge in [0, 0.05) is 13.1 Å². The lowest BCUT2D eigenvalue weighted by Crippen LogP contribution is -2.57. The van der Waals surface area contributed by atoms with Crippen LogP contribution in [0, 0.1) is 5.82 Å². The standard InChI is InChI=1S/C13H15F3N2O2/c14-10-3-1-9(2-4-10)7-17-11-5-6-18(12(19)20)8-13(11,15)16/h1-4,11,17H,5-8H2,(H,19,20)/t11-/m0/s1. The molecule has 1 fully saturated rings. The van der Waals surface area contributed by atoms with Crippen molar-refractivity contribution in [2.24, 2.45) is 0 Å². The summed E-state index contributed by atoms with van der Waals surface area (Å²) in [7, 11) is 0. The SMILES string of the molecule is O=C(O)N1CC[C@H](NCc2ccc(F)cc2)C(F)(F)C1. The maximum absolute atomic E-state index is 13.8. The van der Waals surface area contributed by atoms with Gasteiger partial charge in [0.05, 0.1) is 12.6 Å². The predicted molar refractivity (Wildman–Crippen MR) is 66.2 cm³/mol. The number of piperidine rings is 1. The first-order valence-electron chi connectivity index (χ1n) is 6.22. The highest BCUT2D eigenvalue weighted by Gasteiger charge is 2.45. The maximum atomic E-state index is 13.8. The molecule has 0 aromatic heterocycles. The monoisotopic (exact) mass is 288 g/mol. The molecule has 7 heteroatoms. The Hall–Kier alpha value is -1.76. The number of benzene rings is 1. The molecule has 1 aliphatic heterocycles. The molecule has 0 aliphatic carbocycles. The van der Waals surface area contributed by atoms with E-state index in [2.05, 4.69) is 5.32 Å². The number of halogens is 3. The van der Waals surface area contributed by atoms with E-state index in [9.17, 15) is 18.0 Å². The van der Waals surface area contributed by atoms with Gasteiger partial charge in [0.15, 0.2) is 0 Å². The maximum Gasteiger partial charge on any atom is 0.407 e. The Morgan fingerprint density at radius 2 is 2.05 bits per heavy atom. The number of alkyl halides is 2. The molecule has 20 heavy (non-hydrogen) atoms. The van der Waals surface area contributed by atoms with Crippen molar-refractivity contribution in [2.45, 2.75) is 24.9 Å². The average Bonchev–Trinajstić information content (AvgIpc) is 2.38. The van der Waals surface area contributed by atoms with Crippen LogP contribution >= 0.6 is 0 Å². The van der Waals surface area contributed by atoms with Gasteiger partial charge in [-0.1, -0.05) is 12.1 Å². The molecule has 110 valence electrons. The molecule has 1 heterocycles. The highest BCUT2D eigenvalue weighted by molar-refractivity contribution is 5.65. The summed E-state index contributed by atoms with van der Waals surface area (Å²) >= 11 is 0. The van der Waals surface area contributed by atoms with Crippen LogP contribution in [0.3, 0.4) is 0 Å². The van der Waals surface area contributed by atoms with E-state index < -0.39 is 24.6 Å². The molecule has 0 bridgehead atoms. The Morgan fingerprint density at radius 3 is 2.60 bits per heavy atom.